The van der Waals surface area contributed by atoms with E-state index in [9.17, 15) is 19.3 Å². The Balaban J connectivity index is 2.08. The van der Waals surface area contributed by atoms with E-state index >= 15 is 0 Å². The van der Waals surface area contributed by atoms with Gasteiger partial charge < -0.3 is 10.1 Å². The quantitative estimate of drug-likeness (QED) is 0.665. The first kappa shape index (κ1) is 13.4. The molecule has 1 aliphatic rings. The van der Waals surface area contributed by atoms with Crippen molar-refractivity contribution < 1.29 is 18.8 Å². The molecule has 0 saturated carbocycles. The number of carbonyl (C=O) groups excluding carboxylic acids is 1. The van der Waals surface area contributed by atoms with Crippen LogP contribution in [0.5, 0.6) is 0 Å². The largest absolute Gasteiger partial charge is 0.376 e. The molecule has 0 aromatic heterocycles. The normalized spacial score (nSPS) is 18.3. The standard InChI is InChI=1S/C12H13FN2O4/c13-8-3-4-11(15(17)18)10(6-8)12(16)14-7-9-2-1-5-19-9/h3-4,6,9H,1-2,5,7H2,(H,14,16). The number of rotatable bonds is 4. The van der Waals surface area contributed by atoms with Crippen LogP contribution in [0.25, 0.3) is 0 Å². The number of nitro benzene ring substituents is 1. The Morgan fingerprint density at radius 2 is 2.37 bits per heavy atom. The molecule has 6 nitrogen and oxygen atoms in total. The van der Waals surface area contributed by atoms with Crippen LogP contribution in [-0.4, -0.2) is 30.1 Å². The Morgan fingerprint density at radius 3 is 3.00 bits per heavy atom. The second-order valence-electron chi connectivity index (χ2n) is 4.26. The van der Waals surface area contributed by atoms with E-state index < -0.39 is 22.3 Å². The van der Waals surface area contributed by atoms with Gasteiger partial charge in [-0.25, -0.2) is 4.39 Å². The van der Waals surface area contributed by atoms with Crippen LogP contribution in [0.2, 0.25) is 0 Å². The number of nitrogens with zero attached hydrogens (tertiary/aromatic N) is 1. The Hall–Kier alpha value is -2.02. The Labute approximate surface area is 108 Å². The van der Waals surface area contributed by atoms with Crippen molar-refractivity contribution in [2.24, 2.45) is 0 Å². The summed E-state index contributed by atoms with van der Waals surface area (Å²) >= 11 is 0. The van der Waals surface area contributed by atoms with E-state index in [2.05, 4.69) is 5.32 Å². The minimum absolute atomic E-state index is 0.0726. The number of nitrogens with one attached hydrogen (secondary N) is 1. The number of hydrogen-bond donors (Lipinski definition) is 1. The first-order valence-corrected chi connectivity index (χ1v) is 5.91. The smallest absolute Gasteiger partial charge is 0.282 e. The fraction of sp³-hybridized carbons (Fsp3) is 0.417. The van der Waals surface area contributed by atoms with Crippen molar-refractivity contribution in [1.82, 2.24) is 5.32 Å². The maximum Gasteiger partial charge on any atom is 0.282 e. The topological polar surface area (TPSA) is 81.5 Å². The van der Waals surface area contributed by atoms with E-state index in [1.807, 2.05) is 0 Å². The summed E-state index contributed by atoms with van der Waals surface area (Å²) in [6, 6.07) is 2.80. The first-order valence-electron chi connectivity index (χ1n) is 5.91. The molecule has 1 fully saturated rings. The summed E-state index contributed by atoms with van der Waals surface area (Å²) in [7, 11) is 0. The fourth-order valence-electron chi connectivity index (χ4n) is 1.96. The number of hydrogen-bond acceptors (Lipinski definition) is 4. The van der Waals surface area contributed by atoms with Crippen molar-refractivity contribution in [2.75, 3.05) is 13.2 Å². The van der Waals surface area contributed by atoms with Crippen LogP contribution < -0.4 is 5.32 Å². The van der Waals surface area contributed by atoms with Crippen molar-refractivity contribution >= 4 is 11.6 Å². The highest BCUT2D eigenvalue weighted by Crippen LogP contribution is 2.19. The fourth-order valence-corrected chi connectivity index (χ4v) is 1.96. The first-order chi connectivity index (χ1) is 9.08. The SMILES string of the molecule is O=C(NCC1CCCO1)c1cc(F)ccc1[N+](=O)[O-]. The molecule has 0 radical (unpaired) electrons. The molecule has 1 amide bonds. The molecule has 1 N–H and O–H groups in total. The molecule has 0 aliphatic carbocycles. The van der Waals surface area contributed by atoms with Gasteiger partial charge in [0.1, 0.15) is 11.4 Å². The van der Waals surface area contributed by atoms with Gasteiger partial charge in [-0.2, -0.15) is 0 Å². The third-order valence-electron chi connectivity index (χ3n) is 2.91. The van der Waals surface area contributed by atoms with Crippen molar-refractivity contribution in [3.8, 4) is 0 Å². The summed E-state index contributed by atoms with van der Waals surface area (Å²) in [4.78, 5) is 21.9. The highest BCUT2D eigenvalue weighted by Gasteiger charge is 2.22. The summed E-state index contributed by atoms with van der Waals surface area (Å²) in [6.45, 7) is 0.924. The van der Waals surface area contributed by atoms with Crippen molar-refractivity contribution in [1.29, 1.82) is 0 Å². The highest BCUT2D eigenvalue weighted by molar-refractivity contribution is 5.98. The zero-order valence-electron chi connectivity index (χ0n) is 10.1. The molecule has 0 bridgehead atoms. The third kappa shape index (κ3) is 3.25. The molecule has 7 heteroatoms. The molecular formula is C12H13FN2O4. The van der Waals surface area contributed by atoms with Gasteiger partial charge >= 0.3 is 0 Å². The van der Waals surface area contributed by atoms with Gasteiger partial charge in [0, 0.05) is 19.2 Å². The second-order valence-corrected chi connectivity index (χ2v) is 4.26. The van der Waals surface area contributed by atoms with Crippen LogP contribution in [0.3, 0.4) is 0 Å². The van der Waals surface area contributed by atoms with E-state index in [0.29, 0.717) is 6.61 Å². The molecule has 19 heavy (non-hydrogen) atoms. The van der Waals surface area contributed by atoms with Gasteiger partial charge in [-0.05, 0) is 25.0 Å². The monoisotopic (exact) mass is 268 g/mol. The lowest BCUT2D eigenvalue weighted by molar-refractivity contribution is -0.385. The molecular weight excluding hydrogens is 255 g/mol. The van der Waals surface area contributed by atoms with Gasteiger partial charge in [0.2, 0.25) is 0 Å². The number of benzene rings is 1. The molecule has 102 valence electrons. The van der Waals surface area contributed by atoms with Crippen LogP contribution >= 0.6 is 0 Å². The average Bonchev–Trinajstić information content (AvgIpc) is 2.88. The van der Waals surface area contributed by atoms with Gasteiger partial charge in [0.25, 0.3) is 11.6 Å². The van der Waals surface area contributed by atoms with Crippen LogP contribution in [0, 0.1) is 15.9 Å². The van der Waals surface area contributed by atoms with Gasteiger partial charge in [0.15, 0.2) is 0 Å². The number of amides is 1. The van der Waals surface area contributed by atoms with Crippen LogP contribution in [0.15, 0.2) is 18.2 Å². The maximum atomic E-state index is 13.1. The summed E-state index contributed by atoms with van der Waals surface area (Å²) < 4.78 is 18.4. The average molecular weight is 268 g/mol. The minimum Gasteiger partial charge on any atom is -0.376 e. The van der Waals surface area contributed by atoms with E-state index in [4.69, 9.17) is 4.74 Å². The highest BCUT2D eigenvalue weighted by atomic mass is 19.1. The Bertz CT molecular complexity index is 501. The van der Waals surface area contributed by atoms with Crippen LogP contribution in [-0.2, 0) is 4.74 Å². The third-order valence-corrected chi connectivity index (χ3v) is 2.91. The lowest BCUT2D eigenvalue weighted by Gasteiger charge is -2.10. The van der Waals surface area contributed by atoms with E-state index in [0.717, 1.165) is 31.0 Å². The van der Waals surface area contributed by atoms with Crippen LogP contribution in [0.4, 0.5) is 10.1 Å². The predicted octanol–water partition coefficient (Wildman–Crippen LogP) is 1.64. The number of carbonyl (C=O) groups is 1. The zero-order valence-corrected chi connectivity index (χ0v) is 10.1. The zero-order chi connectivity index (χ0) is 13.8. The lowest BCUT2D eigenvalue weighted by atomic mass is 10.1. The summed E-state index contributed by atoms with van der Waals surface area (Å²) in [5, 5.41) is 13.3. The molecule has 1 unspecified atom stereocenters. The van der Waals surface area contributed by atoms with E-state index in [-0.39, 0.29) is 18.2 Å². The Morgan fingerprint density at radius 1 is 1.58 bits per heavy atom. The maximum absolute atomic E-state index is 13.1. The van der Waals surface area contributed by atoms with Gasteiger partial charge in [-0.1, -0.05) is 0 Å². The number of ether oxygens (including phenoxy) is 1. The summed E-state index contributed by atoms with van der Waals surface area (Å²) in [5.41, 5.74) is -0.686. The van der Waals surface area contributed by atoms with Crippen molar-refractivity contribution in [3.05, 3.63) is 39.7 Å². The van der Waals surface area contributed by atoms with E-state index in [1.165, 1.54) is 0 Å². The Kier molecular flexibility index (Phi) is 4.06. The molecule has 1 aromatic rings. The van der Waals surface area contributed by atoms with Crippen molar-refractivity contribution in [2.45, 2.75) is 18.9 Å². The summed E-state index contributed by atoms with van der Waals surface area (Å²) in [5.74, 6) is -1.35. The van der Waals surface area contributed by atoms with Gasteiger partial charge in [0.05, 0.1) is 11.0 Å². The number of nitro groups is 1. The lowest BCUT2D eigenvalue weighted by Crippen LogP contribution is -2.32. The molecule has 2 rings (SSSR count). The molecule has 1 aliphatic heterocycles. The molecule has 1 atom stereocenters. The van der Waals surface area contributed by atoms with Crippen LogP contribution in [0.1, 0.15) is 23.2 Å². The minimum atomic E-state index is -0.708. The predicted molar refractivity (Wildman–Crippen MR) is 64.4 cm³/mol. The second kappa shape index (κ2) is 5.75. The van der Waals surface area contributed by atoms with Crippen molar-refractivity contribution in [3.63, 3.8) is 0 Å². The van der Waals surface area contributed by atoms with Gasteiger partial charge in [-0.3, -0.25) is 14.9 Å². The molecule has 1 saturated heterocycles. The van der Waals surface area contributed by atoms with E-state index in [1.54, 1.807) is 0 Å². The molecule has 1 aromatic carbocycles. The molecule has 1 heterocycles. The number of halogens is 1. The summed E-state index contributed by atoms with van der Waals surface area (Å²) in [6.07, 6.45) is 1.70. The molecule has 0 spiro atoms. The van der Waals surface area contributed by atoms with Gasteiger partial charge in [-0.15, -0.1) is 0 Å².